The maximum atomic E-state index is 12.0. The Hall–Kier alpha value is -1.60. The molecule has 7 nitrogen and oxygen atoms in total. The van der Waals surface area contributed by atoms with Crippen LogP contribution in [0.4, 0.5) is 4.79 Å². The van der Waals surface area contributed by atoms with Crippen LogP contribution in [0.2, 0.25) is 0 Å². The van der Waals surface area contributed by atoms with Crippen LogP contribution in [0.25, 0.3) is 0 Å². The lowest BCUT2D eigenvalue weighted by atomic mass is 10.2. The molecule has 0 aromatic carbocycles. The van der Waals surface area contributed by atoms with Gasteiger partial charge < -0.3 is 19.3 Å². The minimum atomic E-state index is -0.463. The first-order valence-corrected chi connectivity index (χ1v) is 7.67. The number of β-amino-alcohol motifs (C(OH)–C–C–N with tert-alkyl or cyclic N) is 1. The second kappa shape index (κ2) is 7.11. The third-order valence-electron chi connectivity index (χ3n) is 3.47. The van der Waals surface area contributed by atoms with Crippen molar-refractivity contribution in [2.24, 2.45) is 0 Å². The van der Waals surface area contributed by atoms with Gasteiger partial charge in [0.1, 0.15) is 5.60 Å². The van der Waals surface area contributed by atoms with Crippen LogP contribution in [0, 0.1) is 0 Å². The van der Waals surface area contributed by atoms with Crippen molar-refractivity contribution >= 4 is 6.09 Å². The molecule has 1 fully saturated rings. The Morgan fingerprint density at radius 3 is 2.50 bits per heavy atom. The second-order valence-corrected chi connectivity index (χ2v) is 6.68. The van der Waals surface area contributed by atoms with E-state index in [0.29, 0.717) is 26.2 Å². The van der Waals surface area contributed by atoms with E-state index < -0.39 is 11.7 Å². The third kappa shape index (κ3) is 5.31. The summed E-state index contributed by atoms with van der Waals surface area (Å²) in [5.74, 6) is 0. The molecular formula is C15H26N4O3. The lowest BCUT2D eigenvalue weighted by Crippen LogP contribution is -2.51. The van der Waals surface area contributed by atoms with Crippen molar-refractivity contribution in [3.63, 3.8) is 0 Å². The quantitative estimate of drug-likeness (QED) is 0.890. The van der Waals surface area contributed by atoms with Crippen molar-refractivity contribution < 1.29 is 14.6 Å². The van der Waals surface area contributed by atoms with Crippen molar-refractivity contribution in [1.29, 1.82) is 0 Å². The fourth-order valence-corrected chi connectivity index (χ4v) is 2.43. The number of imidazole rings is 1. The van der Waals surface area contributed by atoms with Crippen LogP contribution in [0.5, 0.6) is 0 Å². The molecule has 0 saturated carbocycles. The summed E-state index contributed by atoms with van der Waals surface area (Å²) in [5, 5.41) is 10.1. The number of amides is 1. The average molecular weight is 310 g/mol. The lowest BCUT2D eigenvalue weighted by Gasteiger charge is -2.36. The van der Waals surface area contributed by atoms with Gasteiger partial charge in [-0.05, 0) is 20.8 Å². The smallest absolute Gasteiger partial charge is 0.410 e. The first-order chi connectivity index (χ1) is 10.3. The first-order valence-electron chi connectivity index (χ1n) is 7.67. The Kier molecular flexibility index (Phi) is 5.42. The van der Waals surface area contributed by atoms with Gasteiger partial charge in [0.25, 0.3) is 0 Å². The van der Waals surface area contributed by atoms with Gasteiger partial charge in [0, 0.05) is 45.1 Å². The van der Waals surface area contributed by atoms with Gasteiger partial charge in [0.15, 0.2) is 0 Å². The molecule has 1 saturated heterocycles. The predicted molar refractivity (Wildman–Crippen MR) is 82.5 cm³/mol. The zero-order valence-corrected chi connectivity index (χ0v) is 13.6. The largest absolute Gasteiger partial charge is 0.444 e. The third-order valence-corrected chi connectivity index (χ3v) is 3.47. The summed E-state index contributed by atoms with van der Waals surface area (Å²) < 4.78 is 7.24. The molecule has 0 radical (unpaired) electrons. The lowest BCUT2D eigenvalue weighted by molar-refractivity contribution is 0.00938. The van der Waals surface area contributed by atoms with Crippen LogP contribution < -0.4 is 0 Å². The Bertz CT molecular complexity index is 462. The zero-order chi connectivity index (χ0) is 16.2. The highest BCUT2D eigenvalue weighted by Gasteiger charge is 2.26. The maximum Gasteiger partial charge on any atom is 0.410 e. The van der Waals surface area contributed by atoms with E-state index >= 15 is 0 Å². The van der Waals surface area contributed by atoms with Crippen molar-refractivity contribution in [2.75, 3.05) is 32.7 Å². The summed E-state index contributed by atoms with van der Waals surface area (Å²) in [7, 11) is 0. The molecule has 2 heterocycles. The van der Waals surface area contributed by atoms with E-state index in [1.54, 1.807) is 17.4 Å². The minimum absolute atomic E-state index is 0.258. The number of nitrogens with zero attached hydrogens (tertiary/aromatic N) is 4. The van der Waals surface area contributed by atoms with E-state index in [-0.39, 0.29) is 6.09 Å². The molecule has 1 atom stereocenters. The van der Waals surface area contributed by atoms with E-state index in [0.717, 1.165) is 13.1 Å². The molecule has 1 aromatic heterocycles. The molecule has 22 heavy (non-hydrogen) atoms. The monoisotopic (exact) mass is 310 g/mol. The summed E-state index contributed by atoms with van der Waals surface area (Å²) >= 11 is 0. The molecule has 124 valence electrons. The van der Waals surface area contributed by atoms with E-state index in [1.165, 1.54) is 0 Å². The van der Waals surface area contributed by atoms with Crippen LogP contribution in [0.3, 0.4) is 0 Å². The van der Waals surface area contributed by atoms with E-state index in [4.69, 9.17) is 4.74 Å². The van der Waals surface area contributed by atoms with Crippen LogP contribution >= 0.6 is 0 Å². The van der Waals surface area contributed by atoms with E-state index in [2.05, 4.69) is 9.88 Å². The van der Waals surface area contributed by atoms with Gasteiger partial charge in [0.05, 0.1) is 19.0 Å². The number of carbonyl (C=O) groups is 1. The highest BCUT2D eigenvalue weighted by atomic mass is 16.6. The fourth-order valence-electron chi connectivity index (χ4n) is 2.43. The first kappa shape index (κ1) is 16.8. The van der Waals surface area contributed by atoms with Gasteiger partial charge in [0.2, 0.25) is 0 Å². The summed E-state index contributed by atoms with van der Waals surface area (Å²) in [6, 6.07) is 0. The Balaban J connectivity index is 1.71. The van der Waals surface area contributed by atoms with Gasteiger partial charge in [-0.25, -0.2) is 9.78 Å². The van der Waals surface area contributed by atoms with Crippen LogP contribution in [0.15, 0.2) is 18.7 Å². The molecule has 1 aliphatic rings. The summed E-state index contributed by atoms with van der Waals surface area (Å²) in [4.78, 5) is 19.8. The van der Waals surface area contributed by atoms with Crippen LogP contribution in [0.1, 0.15) is 20.8 Å². The topological polar surface area (TPSA) is 70.8 Å². The number of carbonyl (C=O) groups excluding carboxylic acids is 1. The Morgan fingerprint density at radius 1 is 1.27 bits per heavy atom. The van der Waals surface area contributed by atoms with Crippen molar-refractivity contribution in [3.05, 3.63) is 18.7 Å². The van der Waals surface area contributed by atoms with Gasteiger partial charge in [-0.1, -0.05) is 0 Å². The SMILES string of the molecule is CC(C)(C)OC(=O)N1CCN(CC(O)Cn2ccnc2)CC1. The molecule has 1 aliphatic heterocycles. The highest BCUT2D eigenvalue weighted by molar-refractivity contribution is 5.68. The maximum absolute atomic E-state index is 12.0. The molecule has 1 aromatic rings. The molecular weight excluding hydrogens is 284 g/mol. The number of aromatic nitrogens is 2. The molecule has 0 aliphatic carbocycles. The van der Waals surface area contributed by atoms with Gasteiger partial charge >= 0.3 is 6.09 Å². The number of rotatable bonds is 4. The number of hydrogen-bond acceptors (Lipinski definition) is 5. The number of piperazine rings is 1. The standard InChI is InChI=1S/C15H26N4O3/c1-15(2,3)22-14(21)19-8-6-17(7-9-19)10-13(20)11-18-5-4-16-12-18/h4-5,12-13,20H,6-11H2,1-3H3. The van der Waals surface area contributed by atoms with Crippen LogP contribution in [-0.4, -0.2) is 75.0 Å². The van der Waals surface area contributed by atoms with Gasteiger partial charge in [-0.3, -0.25) is 4.90 Å². The molecule has 1 N–H and O–H groups in total. The van der Waals surface area contributed by atoms with Gasteiger partial charge in [-0.15, -0.1) is 0 Å². The summed E-state index contributed by atoms with van der Waals surface area (Å²) in [5.41, 5.74) is -0.463. The molecule has 1 unspecified atom stereocenters. The van der Waals surface area contributed by atoms with Crippen LogP contribution in [-0.2, 0) is 11.3 Å². The molecule has 1 amide bonds. The van der Waals surface area contributed by atoms with Crippen molar-refractivity contribution in [2.45, 2.75) is 39.0 Å². The molecule has 7 heteroatoms. The predicted octanol–water partition coefficient (Wildman–Crippen LogP) is 0.797. The average Bonchev–Trinajstić information content (AvgIpc) is 2.90. The van der Waals surface area contributed by atoms with E-state index in [1.807, 2.05) is 31.5 Å². The number of hydrogen-bond donors (Lipinski definition) is 1. The van der Waals surface area contributed by atoms with Gasteiger partial charge in [-0.2, -0.15) is 0 Å². The second-order valence-electron chi connectivity index (χ2n) is 6.68. The van der Waals surface area contributed by atoms with Crippen molar-refractivity contribution in [3.8, 4) is 0 Å². The number of ether oxygens (including phenoxy) is 1. The molecule has 2 rings (SSSR count). The minimum Gasteiger partial charge on any atom is -0.444 e. The van der Waals surface area contributed by atoms with Crippen molar-refractivity contribution in [1.82, 2.24) is 19.4 Å². The zero-order valence-electron chi connectivity index (χ0n) is 13.6. The Morgan fingerprint density at radius 2 is 1.95 bits per heavy atom. The molecule has 0 bridgehead atoms. The Labute approximate surface area is 131 Å². The van der Waals surface area contributed by atoms with E-state index in [9.17, 15) is 9.90 Å². The number of aliphatic hydroxyl groups is 1. The normalized spacial score (nSPS) is 18.3. The highest BCUT2D eigenvalue weighted by Crippen LogP contribution is 2.12. The fraction of sp³-hybridized carbons (Fsp3) is 0.733. The molecule has 0 spiro atoms. The summed E-state index contributed by atoms with van der Waals surface area (Å²) in [6.45, 7) is 9.50. The summed E-state index contributed by atoms with van der Waals surface area (Å²) in [6.07, 6.45) is 4.54. The number of aliphatic hydroxyl groups excluding tert-OH is 1.